The molecule has 0 unspecified atom stereocenters. The standard InChI is InChI=1S/C23H28N8O/c1-15-14-32-12-11-29(15)20-17-13-25-31(16-7-3-4-8-16)21(17)28-23(27-20)30-19-10-6-5-9-18(19)26-22(30)24-2/h5-6,9-10,13,15-16H,3-4,7-8,11-12,14H2,1-2H3,(H,24,26)/t15-/m1/s1. The molecule has 9 heteroatoms. The number of para-hydroxylation sites is 2. The van der Waals surface area contributed by atoms with Gasteiger partial charge in [-0.25, -0.2) is 14.2 Å². The van der Waals surface area contributed by atoms with Gasteiger partial charge in [0.1, 0.15) is 5.82 Å². The Bertz CT molecular complexity index is 1270. The third kappa shape index (κ3) is 3.02. The zero-order valence-corrected chi connectivity index (χ0v) is 18.5. The van der Waals surface area contributed by atoms with E-state index in [2.05, 4.69) is 27.9 Å². The lowest BCUT2D eigenvalue weighted by atomic mass is 10.2. The van der Waals surface area contributed by atoms with Crippen LogP contribution in [0.1, 0.15) is 38.6 Å². The largest absolute Gasteiger partial charge is 0.377 e. The van der Waals surface area contributed by atoms with Crippen molar-refractivity contribution in [1.82, 2.24) is 29.3 Å². The second-order valence-corrected chi connectivity index (χ2v) is 8.74. The Kier molecular flexibility index (Phi) is 4.71. The summed E-state index contributed by atoms with van der Waals surface area (Å²) in [5, 5.41) is 9.02. The SMILES string of the molecule is CNc1nc2ccccc2n1-c1nc(N2CCOC[C@H]2C)c2cnn(C3CCCC3)c2n1. The van der Waals surface area contributed by atoms with Crippen LogP contribution >= 0.6 is 0 Å². The Morgan fingerprint density at radius 1 is 1.09 bits per heavy atom. The zero-order chi connectivity index (χ0) is 21.7. The summed E-state index contributed by atoms with van der Waals surface area (Å²) in [5.41, 5.74) is 2.78. The summed E-state index contributed by atoms with van der Waals surface area (Å²) in [7, 11) is 1.88. The van der Waals surface area contributed by atoms with Gasteiger partial charge in [-0.3, -0.25) is 0 Å². The number of hydrogen-bond donors (Lipinski definition) is 1. The number of anilines is 2. The van der Waals surface area contributed by atoms with Gasteiger partial charge in [0.15, 0.2) is 5.65 Å². The van der Waals surface area contributed by atoms with Crippen molar-refractivity contribution >= 4 is 33.8 Å². The Morgan fingerprint density at radius 2 is 1.94 bits per heavy atom. The summed E-state index contributed by atoms with van der Waals surface area (Å²) >= 11 is 0. The first-order valence-electron chi connectivity index (χ1n) is 11.5. The minimum Gasteiger partial charge on any atom is -0.377 e. The lowest BCUT2D eigenvalue weighted by molar-refractivity contribution is 0.0987. The molecule has 166 valence electrons. The maximum absolute atomic E-state index is 5.70. The van der Waals surface area contributed by atoms with Gasteiger partial charge in [0.2, 0.25) is 11.9 Å². The molecular weight excluding hydrogens is 404 g/mol. The molecule has 1 N–H and O–H groups in total. The number of benzene rings is 1. The van der Waals surface area contributed by atoms with Gasteiger partial charge in [0.25, 0.3) is 0 Å². The fourth-order valence-electron chi connectivity index (χ4n) is 5.07. The first kappa shape index (κ1) is 19.5. The fraction of sp³-hybridized carbons (Fsp3) is 0.478. The number of nitrogens with zero attached hydrogens (tertiary/aromatic N) is 7. The molecule has 6 rings (SSSR count). The third-order valence-corrected chi connectivity index (χ3v) is 6.72. The number of ether oxygens (including phenoxy) is 1. The van der Waals surface area contributed by atoms with Crippen LogP contribution < -0.4 is 10.2 Å². The van der Waals surface area contributed by atoms with Gasteiger partial charge in [0, 0.05) is 13.6 Å². The highest BCUT2D eigenvalue weighted by atomic mass is 16.5. The van der Waals surface area contributed by atoms with Gasteiger partial charge >= 0.3 is 0 Å². The molecule has 4 aromatic rings. The molecule has 1 saturated carbocycles. The summed E-state index contributed by atoms with van der Waals surface area (Å²) in [6.45, 7) is 4.36. The molecule has 3 aromatic heterocycles. The van der Waals surface area contributed by atoms with Crippen LogP contribution in [0.15, 0.2) is 30.5 Å². The van der Waals surface area contributed by atoms with E-state index >= 15 is 0 Å². The summed E-state index contributed by atoms with van der Waals surface area (Å²) in [6.07, 6.45) is 6.73. The van der Waals surface area contributed by atoms with Crippen LogP contribution in [-0.4, -0.2) is 62.1 Å². The molecule has 4 heterocycles. The quantitative estimate of drug-likeness (QED) is 0.528. The van der Waals surface area contributed by atoms with Crippen molar-refractivity contribution < 1.29 is 4.74 Å². The summed E-state index contributed by atoms with van der Waals surface area (Å²) < 4.78 is 9.83. The van der Waals surface area contributed by atoms with Crippen molar-refractivity contribution in [2.24, 2.45) is 0 Å². The fourth-order valence-corrected chi connectivity index (χ4v) is 5.07. The van der Waals surface area contributed by atoms with Crippen molar-refractivity contribution in [1.29, 1.82) is 0 Å². The molecule has 2 fully saturated rings. The molecule has 0 amide bonds. The second kappa shape index (κ2) is 7.74. The molecule has 1 saturated heterocycles. The van der Waals surface area contributed by atoms with Gasteiger partial charge in [-0.05, 0) is 31.9 Å². The number of hydrogen-bond acceptors (Lipinski definition) is 7. The van der Waals surface area contributed by atoms with E-state index < -0.39 is 0 Å². The van der Waals surface area contributed by atoms with E-state index in [0.29, 0.717) is 25.2 Å². The van der Waals surface area contributed by atoms with Crippen LogP contribution in [0.25, 0.3) is 28.0 Å². The van der Waals surface area contributed by atoms with E-state index in [9.17, 15) is 0 Å². The Labute approximate surface area is 186 Å². The number of nitrogens with one attached hydrogen (secondary N) is 1. The molecule has 0 spiro atoms. The normalized spacial score (nSPS) is 19.9. The molecule has 2 aliphatic rings. The van der Waals surface area contributed by atoms with Gasteiger partial charge in [-0.1, -0.05) is 25.0 Å². The number of rotatable bonds is 4. The molecule has 1 aromatic carbocycles. The van der Waals surface area contributed by atoms with Crippen molar-refractivity contribution in [3.63, 3.8) is 0 Å². The summed E-state index contributed by atoms with van der Waals surface area (Å²) in [5.74, 6) is 2.26. The average Bonchev–Trinajstić information content (AvgIpc) is 3.56. The predicted molar refractivity (Wildman–Crippen MR) is 125 cm³/mol. The number of fused-ring (bicyclic) bond motifs is 2. The van der Waals surface area contributed by atoms with Crippen molar-refractivity contribution in [3.8, 4) is 5.95 Å². The van der Waals surface area contributed by atoms with Crippen LogP contribution in [0.5, 0.6) is 0 Å². The number of morpholine rings is 1. The van der Waals surface area contributed by atoms with Gasteiger partial charge in [0.05, 0.1) is 47.9 Å². The Morgan fingerprint density at radius 3 is 2.75 bits per heavy atom. The van der Waals surface area contributed by atoms with E-state index in [-0.39, 0.29) is 6.04 Å². The van der Waals surface area contributed by atoms with Crippen molar-refractivity contribution in [2.45, 2.75) is 44.7 Å². The average molecular weight is 433 g/mol. The van der Waals surface area contributed by atoms with Crippen LogP contribution in [0.2, 0.25) is 0 Å². The van der Waals surface area contributed by atoms with Gasteiger partial charge in [-0.2, -0.15) is 15.1 Å². The molecule has 1 aliphatic carbocycles. The highest BCUT2D eigenvalue weighted by Crippen LogP contribution is 2.35. The lowest BCUT2D eigenvalue weighted by Gasteiger charge is -2.34. The van der Waals surface area contributed by atoms with Crippen LogP contribution in [-0.2, 0) is 4.74 Å². The first-order chi connectivity index (χ1) is 15.7. The molecule has 0 radical (unpaired) electrons. The number of aromatic nitrogens is 6. The maximum Gasteiger partial charge on any atom is 0.241 e. The summed E-state index contributed by atoms with van der Waals surface area (Å²) in [6, 6.07) is 8.72. The van der Waals surface area contributed by atoms with E-state index in [0.717, 1.165) is 53.2 Å². The molecular formula is C23H28N8O. The van der Waals surface area contributed by atoms with Crippen LogP contribution in [0.3, 0.4) is 0 Å². The predicted octanol–water partition coefficient (Wildman–Crippen LogP) is 3.55. The first-order valence-corrected chi connectivity index (χ1v) is 11.5. The van der Waals surface area contributed by atoms with E-state index in [1.165, 1.54) is 12.8 Å². The Hall–Kier alpha value is -3.20. The molecule has 0 bridgehead atoms. The smallest absolute Gasteiger partial charge is 0.241 e. The van der Waals surface area contributed by atoms with Crippen LogP contribution in [0, 0.1) is 0 Å². The molecule has 32 heavy (non-hydrogen) atoms. The highest BCUT2D eigenvalue weighted by molar-refractivity contribution is 5.89. The zero-order valence-electron chi connectivity index (χ0n) is 18.5. The van der Waals surface area contributed by atoms with E-state index in [4.69, 9.17) is 24.8 Å². The van der Waals surface area contributed by atoms with Crippen molar-refractivity contribution in [3.05, 3.63) is 30.5 Å². The Balaban J connectivity index is 1.61. The monoisotopic (exact) mass is 432 g/mol. The van der Waals surface area contributed by atoms with Crippen molar-refractivity contribution in [2.75, 3.05) is 37.0 Å². The summed E-state index contributed by atoms with van der Waals surface area (Å²) in [4.78, 5) is 17.3. The second-order valence-electron chi connectivity index (χ2n) is 8.74. The lowest BCUT2D eigenvalue weighted by Crippen LogP contribution is -2.44. The van der Waals surface area contributed by atoms with Crippen LogP contribution in [0.4, 0.5) is 11.8 Å². The van der Waals surface area contributed by atoms with Gasteiger partial charge in [-0.15, -0.1) is 0 Å². The minimum absolute atomic E-state index is 0.229. The topological polar surface area (TPSA) is 85.9 Å². The van der Waals surface area contributed by atoms with E-state index in [1.54, 1.807) is 0 Å². The molecule has 9 nitrogen and oxygen atoms in total. The molecule has 1 aliphatic heterocycles. The maximum atomic E-state index is 5.70. The third-order valence-electron chi connectivity index (χ3n) is 6.72. The van der Waals surface area contributed by atoms with E-state index in [1.807, 2.05) is 36.0 Å². The molecule has 1 atom stereocenters. The number of imidazole rings is 1. The van der Waals surface area contributed by atoms with Gasteiger partial charge < -0.3 is 15.0 Å². The minimum atomic E-state index is 0.229. The highest BCUT2D eigenvalue weighted by Gasteiger charge is 2.28.